The fourth-order valence-electron chi connectivity index (χ4n) is 10.9. The Labute approximate surface area is 609 Å². The molecular formula is C90H150NO8+. The maximum absolute atomic E-state index is 13.0. The van der Waals surface area contributed by atoms with Gasteiger partial charge in [0.15, 0.2) is 6.10 Å². The number of hydrogen-bond donors (Lipinski definition) is 1. The van der Waals surface area contributed by atoms with Gasteiger partial charge >= 0.3 is 17.9 Å². The summed E-state index contributed by atoms with van der Waals surface area (Å²) in [6.45, 7) is 4.63. The molecule has 2 unspecified atom stereocenters. The second-order valence-electron chi connectivity index (χ2n) is 27.6. The SMILES string of the molecule is CC/C=C\C/C=C\C/C=C\C/C=C\C/C=C\C/C=C\C/C=C\C/C=C\C/C=C\C/C=C\CCCCCCC(=O)OC(COC(=O)CCCCCCCCCCCCCCCCCCCCCCCCCCCC/C=C\C/C=C\C/C=C\C/C=C\CC)COC(OCC[N+](C)(C)C)C(=O)O. The van der Waals surface area contributed by atoms with Crippen LogP contribution in [-0.2, 0) is 33.3 Å². The first-order valence-corrected chi connectivity index (χ1v) is 40.3. The first-order valence-electron chi connectivity index (χ1n) is 40.3. The number of hydrogen-bond acceptors (Lipinski definition) is 7. The minimum atomic E-state index is -1.53. The number of aliphatic carboxylic acids is 1. The summed E-state index contributed by atoms with van der Waals surface area (Å²) in [6.07, 6.45) is 115. The van der Waals surface area contributed by atoms with Crippen LogP contribution in [0.5, 0.6) is 0 Å². The topological polar surface area (TPSA) is 108 Å². The average Bonchev–Trinajstić information content (AvgIpc) is 1.16. The molecule has 0 heterocycles. The summed E-state index contributed by atoms with van der Waals surface area (Å²) in [5.41, 5.74) is 0. The van der Waals surface area contributed by atoms with Crippen molar-refractivity contribution in [3.63, 3.8) is 0 Å². The molecule has 0 amide bonds. The molecule has 0 radical (unpaired) electrons. The number of carboxylic acids is 1. The Balaban J connectivity index is 4.09. The normalized spacial score (nSPS) is 13.6. The number of carboxylic acid groups (broad SMARTS) is 1. The van der Waals surface area contributed by atoms with Gasteiger partial charge in [0.2, 0.25) is 0 Å². The van der Waals surface area contributed by atoms with Crippen LogP contribution >= 0.6 is 0 Å². The third kappa shape index (κ3) is 79.8. The summed E-state index contributed by atoms with van der Waals surface area (Å²) in [7, 11) is 5.97. The van der Waals surface area contributed by atoms with Crippen molar-refractivity contribution < 1.29 is 42.9 Å². The maximum atomic E-state index is 13.0. The zero-order chi connectivity index (χ0) is 71.8. The van der Waals surface area contributed by atoms with E-state index in [0.29, 0.717) is 23.9 Å². The lowest BCUT2D eigenvalue weighted by Crippen LogP contribution is -2.40. The van der Waals surface area contributed by atoms with Gasteiger partial charge in [-0.1, -0.05) is 351 Å². The van der Waals surface area contributed by atoms with Crippen LogP contribution in [0.15, 0.2) is 170 Å². The number of allylic oxidation sites excluding steroid dienone is 28. The first kappa shape index (κ1) is 93.6. The fraction of sp³-hybridized carbons (Fsp3) is 0.656. The fourth-order valence-corrected chi connectivity index (χ4v) is 10.9. The Bertz CT molecular complexity index is 2240. The van der Waals surface area contributed by atoms with Crippen molar-refractivity contribution in [3.05, 3.63) is 170 Å². The molecule has 9 nitrogen and oxygen atoms in total. The van der Waals surface area contributed by atoms with Crippen LogP contribution in [0, 0.1) is 0 Å². The molecule has 2 atom stereocenters. The number of carbonyl (C=O) groups excluding carboxylic acids is 2. The number of likely N-dealkylation sites (N-methyl/N-ethyl adjacent to an activating group) is 1. The summed E-state index contributed by atoms with van der Waals surface area (Å²) in [4.78, 5) is 37.7. The van der Waals surface area contributed by atoms with Gasteiger partial charge in [-0.15, -0.1) is 0 Å². The first-order chi connectivity index (χ1) is 48.6. The van der Waals surface area contributed by atoms with E-state index in [9.17, 15) is 19.5 Å². The molecule has 0 aliphatic rings. The van der Waals surface area contributed by atoms with Crippen molar-refractivity contribution in [2.24, 2.45) is 0 Å². The molecule has 0 aliphatic carbocycles. The van der Waals surface area contributed by atoms with E-state index in [1.54, 1.807) is 0 Å². The molecule has 0 saturated carbocycles. The zero-order valence-electron chi connectivity index (χ0n) is 64.3. The highest BCUT2D eigenvalue weighted by molar-refractivity contribution is 5.71. The quantitative estimate of drug-likeness (QED) is 0.0211. The molecule has 0 aromatic carbocycles. The van der Waals surface area contributed by atoms with Crippen molar-refractivity contribution in [2.45, 2.75) is 334 Å². The number of unbranched alkanes of at least 4 members (excludes halogenated alkanes) is 30. The lowest BCUT2D eigenvalue weighted by Gasteiger charge is -2.25. The van der Waals surface area contributed by atoms with E-state index in [0.717, 1.165) is 135 Å². The number of esters is 2. The van der Waals surface area contributed by atoms with E-state index >= 15 is 0 Å². The smallest absolute Gasteiger partial charge is 0.361 e. The third-order valence-electron chi connectivity index (χ3n) is 17.0. The van der Waals surface area contributed by atoms with Gasteiger partial charge < -0.3 is 28.5 Å². The van der Waals surface area contributed by atoms with Gasteiger partial charge in [0, 0.05) is 12.8 Å². The van der Waals surface area contributed by atoms with Gasteiger partial charge in [0.05, 0.1) is 34.4 Å². The van der Waals surface area contributed by atoms with Crippen molar-refractivity contribution in [2.75, 3.05) is 47.5 Å². The van der Waals surface area contributed by atoms with Gasteiger partial charge in [0.25, 0.3) is 6.29 Å². The lowest BCUT2D eigenvalue weighted by molar-refractivity contribution is -0.870. The summed E-state index contributed by atoms with van der Waals surface area (Å²) >= 11 is 0. The number of ether oxygens (including phenoxy) is 4. The number of rotatable bonds is 73. The predicted molar refractivity (Wildman–Crippen MR) is 428 cm³/mol. The largest absolute Gasteiger partial charge is 0.477 e. The van der Waals surface area contributed by atoms with Crippen molar-refractivity contribution >= 4 is 17.9 Å². The van der Waals surface area contributed by atoms with E-state index in [1.165, 1.54) is 154 Å². The molecule has 0 saturated heterocycles. The average molecular weight is 1370 g/mol. The van der Waals surface area contributed by atoms with Gasteiger partial charge in [-0.05, 0) is 128 Å². The molecule has 0 bridgehead atoms. The number of carbonyl (C=O) groups is 3. The van der Waals surface area contributed by atoms with Gasteiger partial charge in [-0.2, -0.15) is 0 Å². The highest BCUT2D eigenvalue weighted by atomic mass is 16.7. The van der Waals surface area contributed by atoms with Crippen molar-refractivity contribution in [1.82, 2.24) is 0 Å². The minimum Gasteiger partial charge on any atom is -0.477 e. The molecule has 9 heteroatoms. The van der Waals surface area contributed by atoms with Crippen LogP contribution in [0.1, 0.15) is 322 Å². The van der Waals surface area contributed by atoms with Crippen LogP contribution in [0.4, 0.5) is 0 Å². The van der Waals surface area contributed by atoms with Gasteiger partial charge in [-0.3, -0.25) is 9.59 Å². The van der Waals surface area contributed by atoms with E-state index in [-0.39, 0.29) is 32.2 Å². The number of quaternary nitrogens is 1. The second kappa shape index (κ2) is 78.4. The summed E-state index contributed by atoms with van der Waals surface area (Å²) in [5, 5.41) is 9.77. The van der Waals surface area contributed by atoms with E-state index < -0.39 is 24.3 Å². The molecule has 1 N–H and O–H groups in total. The van der Waals surface area contributed by atoms with E-state index in [4.69, 9.17) is 18.9 Å². The van der Waals surface area contributed by atoms with Gasteiger partial charge in [-0.25, -0.2) is 4.79 Å². The van der Waals surface area contributed by atoms with Crippen LogP contribution in [0.3, 0.4) is 0 Å². The van der Waals surface area contributed by atoms with Crippen LogP contribution in [-0.4, -0.2) is 87.4 Å². The molecule has 0 aromatic rings. The molecule has 99 heavy (non-hydrogen) atoms. The Morgan fingerprint density at radius 2 is 0.545 bits per heavy atom. The zero-order valence-corrected chi connectivity index (χ0v) is 64.3. The van der Waals surface area contributed by atoms with E-state index in [2.05, 4.69) is 184 Å². The molecule has 562 valence electrons. The molecule has 0 rings (SSSR count). The summed E-state index contributed by atoms with van der Waals surface area (Å²) in [6, 6.07) is 0. The highest BCUT2D eigenvalue weighted by Gasteiger charge is 2.25. The predicted octanol–water partition coefficient (Wildman–Crippen LogP) is 26.1. The summed E-state index contributed by atoms with van der Waals surface area (Å²) < 4.78 is 23.0. The summed E-state index contributed by atoms with van der Waals surface area (Å²) in [5.74, 6) is -2.04. The van der Waals surface area contributed by atoms with Crippen molar-refractivity contribution in [1.29, 1.82) is 0 Å². The van der Waals surface area contributed by atoms with Crippen LogP contribution < -0.4 is 0 Å². The Morgan fingerprint density at radius 3 is 0.808 bits per heavy atom. The highest BCUT2D eigenvalue weighted by Crippen LogP contribution is 2.18. The Morgan fingerprint density at radius 1 is 0.303 bits per heavy atom. The molecule has 0 fully saturated rings. The Kier molecular flexibility index (Phi) is 74.1. The molecule has 0 aromatic heterocycles. The van der Waals surface area contributed by atoms with Gasteiger partial charge in [0.1, 0.15) is 13.2 Å². The molecular weight excluding hydrogens is 1220 g/mol. The maximum Gasteiger partial charge on any atom is 0.361 e. The standard InChI is InChI=1S/C90H149NO8/c1-6-8-10-12-14-16-18-20-22-24-26-28-30-32-34-36-38-40-42-43-44-45-47-48-50-52-54-56-58-60-62-64-66-68-70-72-74-76-78-80-87(92)97-84-86(85-98-90(89(94)95)96-83-82-91(3,4)5)99-88(93)81-79-77-75-73-71-69-67-65-63-61-59-57-55-53-51-49-46-41-39-37-35-33-31-29-27-25-23-21-19-17-15-13-11-9-7-2/h8-11,14-17,20-23,26-29,33,35,39,41,49,51,55,57,61,63,67,69,86,90H,6-7,12-13,18-19,24-25,30-32,34,36-38,40,42-48,50,52-54,56,58-60,62,64-66,68,70-85H2,1-5H3/p+1/b10-8-,11-9-,16-14-,17-15-,22-20-,23-21-,28-26-,29-27-,35-33-,41-39-,51-49-,57-55-,63-61-,69-67-. The lowest BCUT2D eigenvalue weighted by atomic mass is 10.0. The molecule has 0 aliphatic heterocycles. The minimum absolute atomic E-state index is 0.176. The Hall–Kier alpha value is -5.35. The van der Waals surface area contributed by atoms with E-state index in [1.807, 2.05) is 21.1 Å². The molecule has 0 spiro atoms. The monoisotopic (exact) mass is 1370 g/mol. The van der Waals surface area contributed by atoms with Crippen LogP contribution in [0.25, 0.3) is 0 Å². The number of nitrogens with zero attached hydrogens (tertiary/aromatic N) is 1. The second-order valence-corrected chi connectivity index (χ2v) is 27.6. The third-order valence-corrected chi connectivity index (χ3v) is 17.0. The van der Waals surface area contributed by atoms with Crippen molar-refractivity contribution in [3.8, 4) is 0 Å². The van der Waals surface area contributed by atoms with Crippen LogP contribution in [0.2, 0.25) is 0 Å².